The van der Waals surface area contributed by atoms with Crippen LogP contribution in [0.15, 0.2) is 30.3 Å². The lowest BCUT2D eigenvalue weighted by atomic mass is 9.98. The van der Waals surface area contributed by atoms with Crippen molar-refractivity contribution in [2.75, 3.05) is 51.2 Å². The zero-order chi connectivity index (χ0) is 15.4. The third-order valence-electron chi connectivity index (χ3n) is 3.09. The molecule has 1 atom stereocenters. The number of ether oxygens (including phenoxy) is 4. The first kappa shape index (κ1) is 18.8. The van der Waals surface area contributed by atoms with Crippen molar-refractivity contribution in [2.45, 2.75) is 12.5 Å². The molecule has 5 heteroatoms. The maximum absolute atomic E-state index is 6.02. The van der Waals surface area contributed by atoms with Gasteiger partial charge >= 0.3 is 0 Å². The van der Waals surface area contributed by atoms with Gasteiger partial charge in [-0.05, 0) is 12.5 Å². The highest BCUT2D eigenvalue weighted by atomic mass is 127. The van der Waals surface area contributed by atoms with E-state index in [-0.39, 0.29) is 5.60 Å². The van der Waals surface area contributed by atoms with Gasteiger partial charge in [0.15, 0.2) is 0 Å². The molecule has 0 aliphatic carbocycles. The molecule has 0 spiro atoms. The second-order valence-corrected chi connectivity index (χ2v) is 5.56. The maximum atomic E-state index is 6.02. The lowest BCUT2D eigenvalue weighted by molar-refractivity contribution is -0.0526. The van der Waals surface area contributed by atoms with Gasteiger partial charge in [0.1, 0.15) is 0 Å². The summed E-state index contributed by atoms with van der Waals surface area (Å²) in [6.45, 7) is 5.66. The highest BCUT2D eigenvalue weighted by Crippen LogP contribution is 2.27. The van der Waals surface area contributed by atoms with Gasteiger partial charge < -0.3 is 18.9 Å². The van der Waals surface area contributed by atoms with Gasteiger partial charge in [-0.25, -0.2) is 0 Å². The Morgan fingerprint density at radius 2 is 1.48 bits per heavy atom. The van der Waals surface area contributed by atoms with E-state index in [0.29, 0.717) is 39.6 Å². The Morgan fingerprint density at radius 3 is 2.05 bits per heavy atom. The lowest BCUT2D eigenvalue weighted by Gasteiger charge is -2.28. The Morgan fingerprint density at radius 1 is 0.905 bits per heavy atom. The minimum absolute atomic E-state index is 0.264. The molecule has 0 radical (unpaired) electrons. The SMILES string of the molecule is COCCOCCOCCOC(C)(CI)c1ccccc1. The Balaban J connectivity index is 2.15. The van der Waals surface area contributed by atoms with E-state index < -0.39 is 0 Å². The number of rotatable bonds is 12. The molecule has 120 valence electrons. The summed E-state index contributed by atoms with van der Waals surface area (Å²) >= 11 is 2.36. The molecule has 0 saturated heterocycles. The summed E-state index contributed by atoms with van der Waals surface area (Å²) in [6.07, 6.45) is 0. The van der Waals surface area contributed by atoms with Gasteiger partial charge in [-0.15, -0.1) is 0 Å². The Labute approximate surface area is 141 Å². The molecule has 0 fully saturated rings. The quantitative estimate of drug-likeness (QED) is 0.303. The fourth-order valence-corrected chi connectivity index (χ4v) is 2.44. The Hall–Kier alpha value is -0.210. The van der Waals surface area contributed by atoms with Crippen LogP contribution in [-0.4, -0.2) is 51.2 Å². The summed E-state index contributed by atoms with van der Waals surface area (Å²) < 4.78 is 22.6. The zero-order valence-electron chi connectivity index (χ0n) is 12.8. The van der Waals surface area contributed by atoms with E-state index in [1.54, 1.807) is 7.11 Å². The average molecular weight is 408 g/mol. The predicted molar refractivity (Wildman–Crippen MR) is 92.1 cm³/mol. The van der Waals surface area contributed by atoms with Crippen molar-refractivity contribution in [1.82, 2.24) is 0 Å². The smallest absolute Gasteiger partial charge is 0.0993 e. The molecule has 1 aromatic carbocycles. The molecule has 0 N–H and O–H groups in total. The molecule has 0 heterocycles. The number of hydrogen-bond acceptors (Lipinski definition) is 4. The third-order valence-corrected chi connectivity index (χ3v) is 4.55. The van der Waals surface area contributed by atoms with Crippen LogP contribution in [0.2, 0.25) is 0 Å². The summed E-state index contributed by atoms with van der Waals surface area (Å²) in [5.74, 6) is 0. The van der Waals surface area contributed by atoms with Crippen LogP contribution >= 0.6 is 22.6 Å². The largest absolute Gasteiger partial charge is 0.382 e. The van der Waals surface area contributed by atoms with Crippen LogP contribution in [0.3, 0.4) is 0 Å². The molecule has 0 aliphatic rings. The van der Waals surface area contributed by atoms with E-state index in [1.165, 1.54) is 5.56 Å². The van der Waals surface area contributed by atoms with Crippen molar-refractivity contribution >= 4 is 22.6 Å². The Bertz CT molecular complexity index is 361. The minimum atomic E-state index is -0.264. The normalized spacial score (nSPS) is 14.0. The molecule has 21 heavy (non-hydrogen) atoms. The van der Waals surface area contributed by atoms with E-state index in [2.05, 4.69) is 41.6 Å². The highest BCUT2D eigenvalue weighted by Gasteiger charge is 2.25. The molecule has 1 aromatic rings. The first-order valence-corrected chi connectivity index (χ1v) is 8.65. The summed E-state index contributed by atoms with van der Waals surface area (Å²) in [5.41, 5.74) is 0.933. The van der Waals surface area contributed by atoms with E-state index in [0.717, 1.165) is 4.43 Å². The number of benzene rings is 1. The molecule has 1 rings (SSSR count). The van der Waals surface area contributed by atoms with Gasteiger partial charge in [0.25, 0.3) is 0 Å². The van der Waals surface area contributed by atoms with E-state index >= 15 is 0 Å². The van der Waals surface area contributed by atoms with Crippen LogP contribution in [-0.2, 0) is 24.5 Å². The average Bonchev–Trinajstić information content (AvgIpc) is 2.54. The molecule has 0 saturated carbocycles. The first-order chi connectivity index (χ1) is 10.2. The molecular weight excluding hydrogens is 383 g/mol. The number of methoxy groups -OCH3 is 1. The fourth-order valence-electron chi connectivity index (χ4n) is 1.78. The topological polar surface area (TPSA) is 36.9 Å². The first-order valence-electron chi connectivity index (χ1n) is 7.13. The number of alkyl halides is 1. The third kappa shape index (κ3) is 7.56. The van der Waals surface area contributed by atoms with Crippen LogP contribution in [0.5, 0.6) is 0 Å². The van der Waals surface area contributed by atoms with Gasteiger partial charge in [-0.2, -0.15) is 0 Å². The molecule has 0 aromatic heterocycles. The van der Waals surface area contributed by atoms with Gasteiger partial charge in [0.2, 0.25) is 0 Å². The fraction of sp³-hybridized carbons (Fsp3) is 0.625. The number of halogens is 1. The lowest BCUT2D eigenvalue weighted by Crippen LogP contribution is -2.29. The molecule has 1 unspecified atom stereocenters. The molecule has 0 bridgehead atoms. The predicted octanol–water partition coefficient (Wildman–Crippen LogP) is 3.03. The van der Waals surface area contributed by atoms with Crippen molar-refractivity contribution in [3.63, 3.8) is 0 Å². The molecule has 4 nitrogen and oxygen atoms in total. The zero-order valence-corrected chi connectivity index (χ0v) is 15.0. The number of hydrogen-bond donors (Lipinski definition) is 0. The van der Waals surface area contributed by atoms with Crippen LogP contribution in [0, 0.1) is 0 Å². The van der Waals surface area contributed by atoms with Crippen LogP contribution in [0.4, 0.5) is 0 Å². The second-order valence-electron chi connectivity index (χ2n) is 4.80. The molecular formula is C16H25IO4. The van der Waals surface area contributed by atoms with Crippen molar-refractivity contribution in [2.24, 2.45) is 0 Å². The van der Waals surface area contributed by atoms with Crippen molar-refractivity contribution in [3.8, 4) is 0 Å². The van der Waals surface area contributed by atoms with Crippen LogP contribution in [0.1, 0.15) is 12.5 Å². The van der Waals surface area contributed by atoms with Crippen LogP contribution < -0.4 is 0 Å². The van der Waals surface area contributed by atoms with Crippen LogP contribution in [0.25, 0.3) is 0 Å². The van der Waals surface area contributed by atoms with Crippen molar-refractivity contribution < 1.29 is 18.9 Å². The maximum Gasteiger partial charge on any atom is 0.0993 e. The molecule has 0 amide bonds. The summed E-state index contributed by atoms with van der Waals surface area (Å²) in [5, 5.41) is 0. The van der Waals surface area contributed by atoms with Gasteiger partial charge in [-0.1, -0.05) is 52.9 Å². The van der Waals surface area contributed by atoms with Gasteiger partial charge in [0, 0.05) is 11.5 Å². The summed E-state index contributed by atoms with van der Waals surface area (Å²) in [4.78, 5) is 0. The monoisotopic (exact) mass is 408 g/mol. The van der Waals surface area contributed by atoms with Gasteiger partial charge in [0.05, 0.1) is 45.2 Å². The minimum Gasteiger partial charge on any atom is -0.382 e. The summed E-state index contributed by atoms with van der Waals surface area (Å²) in [7, 11) is 1.66. The van der Waals surface area contributed by atoms with Crippen molar-refractivity contribution in [3.05, 3.63) is 35.9 Å². The highest BCUT2D eigenvalue weighted by molar-refractivity contribution is 14.1. The van der Waals surface area contributed by atoms with Gasteiger partial charge in [-0.3, -0.25) is 0 Å². The standard InChI is InChI=1S/C16H25IO4/c1-16(14-17,15-6-4-3-5-7-15)21-13-12-20-11-10-19-9-8-18-2/h3-7H,8-14H2,1-2H3. The van der Waals surface area contributed by atoms with E-state index in [4.69, 9.17) is 18.9 Å². The van der Waals surface area contributed by atoms with Crippen molar-refractivity contribution in [1.29, 1.82) is 0 Å². The van der Waals surface area contributed by atoms with E-state index in [1.807, 2.05) is 18.2 Å². The Kier molecular flexibility index (Phi) is 10.2. The molecule has 0 aliphatic heterocycles. The second kappa shape index (κ2) is 11.4. The van der Waals surface area contributed by atoms with E-state index in [9.17, 15) is 0 Å². The summed E-state index contributed by atoms with van der Waals surface area (Å²) in [6, 6.07) is 10.3.